The standard InChI is InChI=1S/C13H25N3O/c1-11-7-12(2)9-16(8-11)13(17)10-15-5-3-14-4-6-15/h11-12,14H,3-10H2,1-2H3/p+2/t11-,12+. The Morgan fingerprint density at radius 1 is 1.24 bits per heavy atom. The summed E-state index contributed by atoms with van der Waals surface area (Å²) in [6.45, 7) is 11.8. The molecule has 2 rings (SSSR count). The number of hydrogen-bond acceptors (Lipinski definition) is 1. The van der Waals surface area contributed by atoms with Crippen LogP contribution in [0.2, 0.25) is 0 Å². The third-order valence-electron chi connectivity index (χ3n) is 4.03. The zero-order valence-corrected chi connectivity index (χ0v) is 11.2. The number of amides is 1. The van der Waals surface area contributed by atoms with Gasteiger partial charge in [-0.2, -0.15) is 0 Å². The molecular weight excluding hydrogens is 214 g/mol. The summed E-state index contributed by atoms with van der Waals surface area (Å²) in [6.07, 6.45) is 1.27. The van der Waals surface area contributed by atoms with Crippen LogP contribution in [-0.2, 0) is 4.79 Å². The summed E-state index contributed by atoms with van der Waals surface area (Å²) >= 11 is 0. The summed E-state index contributed by atoms with van der Waals surface area (Å²) in [4.78, 5) is 15.8. The maximum atomic E-state index is 12.3. The summed E-state index contributed by atoms with van der Waals surface area (Å²) in [7, 11) is 0. The summed E-state index contributed by atoms with van der Waals surface area (Å²) in [6, 6.07) is 0. The first-order chi connectivity index (χ1) is 8.15. The predicted molar refractivity (Wildman–Crippen MR) is 66.7 cm³/mol. The highest BCUT2D eigenvalue weighted by atomic mass is 16.2. The lowest BCUT2D eigenvalue weighted by atomic mass is 9.92. The van der Waals surface area contributed by atoms with Crippen molar-refractivity contribution in [3.8, 4) is 0 Å². The Bertz CT molecular complexity index is 253. The molecule has 2 aliphatic heterocycles. The van der Waals surface area contributed by atoms with Gasteiger partial charge in [0.15, 0.2) is 6.54 Å². The number of hydrogen-bond donors (Lipinski definition) is 2. The molecule has 3 N–H and O–H groups in total. The van der Waals surface area contributed by atoms with Gasteiger partial charge in [0.1, 0.15) is 26.2 Å². The summed E-state index contributed by atoms with van der Waals surface area (Å²) in [5.41, 5.74) is 0. The van der Waals surface area contributed by atoms with Gasteiger partial charge in [-0.05, 0) is 18.3 Å². The van der Waals surface area contributed by atoms with E-state index in [1.54, 1.807) is 0 Å². The maximum Gasteiger partial charge on any atom is 0.277 e. The van der Waals surface area contributed by atoms with Crippen LogP contribution in [-0.4, -0.2) is 56.6 Å². The van der Waals surface area contributed by atoms with Crippen molar-refractivity contribution in [2.75, 3.05) is 45.8 Å². The molecule has 0 aromatic heterocycles. The van der Waals surface area contributed by atoms with Gasteiger partial charge >= 0.3 is 0 Å². The Balaban J connectivity index is 1.81. The van der Waals surface area contributed by atoms with Gasteiger partial charge in [0, 0.05) is 13.1 Å². The SMILES string of the molecule is C[C@@H]1C[C@H](C)CN(C(=O)C[NH+]2CC[NH2+]CC2)C1. The van der Waals surface area contributed by atoms with E-state index in [9.17, 15) is 4.79 Å². The van der Waals surface area contributed by atoms with Gasteiger partial charge in [-0.15, -0.1) is 0 Å². The number of nitrogens with one attached hydrogen (secondary N) is 1. The lowest BCUT2D eigenvalue weighted by Gasteiger charge is -2.35. The number of piperidine rings is 1. The normalized spacial score (nSPS) is 31.5. The number of nitrogens with two attached hydrogens (primary N) is 1. The van der Waals surface area contributed by atoms with Crippen molar-refractivity contribution in [1.82, 2.24) is 4.90 Å². The van der Waals surface area contributed by atoms with E-state index in [1.165, 1.54) is 24.4 Å². The average molecular weight is 241 g/mol. The number of piperazine rings is 1. The molecule has 0 radical (unpaired) electrons. The van der Waals surface area contributed by atoms with Gasteiger partial charge < -0.3 is 15.1 Å². The van der Waals surface area contributed by atoms with Crippen LogP contribution in [0.25, 0.3) is 0 Å². The zero-order chi connectivity index (χ0) is 12.3. The fraction of sp³-hybridized carbons (Fsp3) is 0.923. The number of quaternary nitrogens is 2. The van der Waals surface area contributed by atoms with E-state index >= 15 is 0 Å². The Hall–Kier alpha value is -0.610. The van der Waals surface area contributed by atoms with E-state index in [0.717, 1.165) is 26.2 Å². The van der Waals surface area contributed by atoms with Gasteiger partial charge in [-0.1, -0.05) is 13.8 Å². The Morgan fingerprint density at radius 2 is 1.82 bits per heavy atom. The van der Waals surface area contributed by atoms with E-state index in [4.69, 9.17) is 0 Å². The van der Waals surface area contributed by atoms with Crippen LogP contribution in [0.1, 0.15) is 20.3 Å². The van der Waals surface area contributed by atoms with Crippen molar-refractivity contribution in [1.29, 1.82) is 0 Å². The van der Waals surface area contributed by atoms with Crippen LogP contribution >= 0.6 is 0 Å². The molecule has 0 spiro atoms. The molecule has 0 aromatic rings. The van der Waals surface area contributed by atoms with Crippen LogP contribution in [0.15, 0.2) is 0 Å². The van der Waals surface area contributed by atoms with Crippen LogP contribution in [0, 0.1) is 11.8 Å². The van der Waals surface area contributed by atoms with E-state index < -0.39 is 0 Å². The van der Waals surface area contributed by atoms with Crippen LogP contribution < -0.4 is 10.2 Å². The van der Waals surface area contributed by atoms with Crippen molar-refractivity contribution in [2.24, 2.45) is 11.8 Å². The molecule has 0 saturated carbocycles. The lowest BCUT2D eigenvalue weighted by Crippen LogP contribution is -3.21. The number of rotatable bonds is 2. The van der Waals surface area contributed by atoms with Crippen LogP contribution in [0.3, 0.4) is 0 Å². The van der Waals surface area contributed by atoms with Crippen molar-refractivity contribution in [3.63, 3.8) is 0 Å². The Labute approximate surface area is 104 Å². The highest BCUT2D eigenvalue weighted by Crippen LogP contribution is 2.20. The highest BCUT2D eigenvalue weighted by Gasteiger charge is 2.28. The summed E-state index contributed by atoms with van der Waals surface area (Å²) < 4.78 is 0. The van der Waals surface area contributed by atoms with E-state index in [2.05, 4.69) is 24.1 Å². The number of carbonyl (C=O) groups excluding carboxylic acids is 1. The largest absolute Gasteiger partial charge is 0.337 e. The Kier molecular flexibility index (Phi) is 4.40. The second-order valence-corrected chi connectivity index (χ2v) is 6.04. The quantitative estimate of drug-likeness (QED) is 0.574. The second kappa shape index (κ2) is 5.83. The fourth-order valence-electron chi connectivity index (χ4n) is 3.25. The molecule has 2 heterocycles. The third kappa shape index (κ3) is 3.68. The van der Waals surface area contributed by atoms with Gasteiger partial charge in [0.2, 0.25) is 0 Å². The van der Waals surface area contributed by atoms with Crippen LogP contribution in [0.4, 0.5) is 0 Å². The molecule has 2 saturated heterocycles. The van der Waals surface area contributed by atoms with Gasteiger partial charge in [-0.25, -0.2) is 0 Å². The maximum absolute atomic E-state index is 12.3. The molecule has 0 aliphatic carbocycles. The minimum Gasteiger partial charge on any atom is -0.337 e. The minimum absolute atomic E-state index is 0.375. The topological polar surface area (TPSA) is 41.4 Å². The molecule has 0 unspecified atom stereocenters. The number of nitrogens with zero attached hydrogens (tertiary/aromatic N) is 1. The number of likely N-dealkylation sites (tertiary alicyclic amines) is 1. The first-order valence-corrected chi connectivity index (χ1v) is 7.08. The molecule has 2 fully saturated rings. The third-order valence-corrected chi connectivity index (χ3v) is 4.03. The van der Waals surface area contributed by atoms with Crippen LogP contribution in [0.5, 0.6) is 0 Å². The summed E-state index contributed by atoms with van der Waals surface area (Å²) in [5.74, 6) is 1.72. The smallest absolute Gasteiger partial charge is 0.277 e. The van der Waals surface area contributed by atoms with Crippen molar-refractivity contribution >= 4 is 5.91 Å². The van der Waals surface area contributed by atoms with E-state index in [1.807, 2.05) is 0 Å². The zero-order valence-electron chi connectivity index (χ0n) is 11.2. The second-order valence-electron chi connectivity index (χ2n) is 6.04. The highest BCUT2D eigenvalue weighted by molar-refractivity contribution is 5.77. The molecule has 2 aliphatic rings. The lowest BCUT2D eigenvalue weighted by molar-refractivity contribution is -0.940. The molecule has 4 heteroatoms. The van der Waals surface area contributed by atoms with Gasteiger partial charge in [-0.3, -0.25) is 4.79 Å². The van der Waals surface area contributed by atoms with Crippen molar-refractivity contribution in [3.05, 3.63) is 0 Å². The molecule has 98 valence electrons. The molecule has 1 amide bonds. The first kappa shape index (κ1) is 12.8. The monoisotopic (exact) mass is 241 g/mol. The molecule has 0 bridgehead atoms. The Morgan fingerprint density at radius 3 is 2.41 bits per heavy atom. The van der Waals surface area contributed by atoms with Gasteiger partial charge in [0.25, 0.3) is 5.91 Å². The average Bonchev–Trinajstić information content (AvgIpc) is 2.29. The molecular formula is C13H27N3O+2. The first-order valence-electron chi connectivity index (χ1n) is 7.08. The van der Waals surface area contributed by atoms with Crippen molar-refractivity contribution in [2.45, 2.75) is 20.3 Å². The van der Waals surface area contributed by atoms with E-state index in [-0.39, 0.29) is 0 Å². The summed E-state index contributed by atoms with van der Waals surface area (Å²) in [5, 5.41) is 2.35. The molecule has 4 nitrogen and oxygen atoms in total. The molecule has 2 atom stereocenters. The van der Waals surface area contributed by atoms with Gasteiger partial charge in [0.05, 0.1) is 0 Å². The molecule has 17 heavy (non-hydrogen) atoms. The van der Waals surface area contributed by atoms with E-state index in [0.29, 0.717) is 24.3 Å². The fourth-order valence-corrected chi connectivity index (χ4v) is 3.25. The predicted octanol–water partition coefficient (Wildman–Crippen LogP) is -2.05. The van der Waals surface area contributed by atoms with Crippen molar-refractivity contribution < 1.29 is 15.0 Å². The minimum atomic E-state index is 0.375. The number of carbonyl (C=O) groups is 1. The molecule has 0 aromatic carbocycles.